The lowest BCUT2D eigenvalue weighted by atomic mass is 10.1. The molecule has 6 nitrogen and oxygen atoms in total. The van der Waals surface area contributed by atoms with Crippen LogP contribution in [0.5, 0.6) is 5.75 Å². The Kier molecular flexibility index (Phi) is 5.69. The van der Waals surface area contributed by atoms with Crippen molar-refractivity contribution < 1.29 is 9.53 Å². The van der Waals surface area contributed by atoms with Crippen LogP contribution in [0, 0.1) is 0 Å². The molecule has 3 heterocycles. The predicted octanol–water partition coefficient (Wildman–Crippen LogP) is 2.97. The maximum absolute atomic E-state index is 13.3. The van der Waals surface area contributed by atoms with Crippen molar-refractivity contribution in [3.05, 3.63) is 52.3 Å². The Morgan fingerprint density at radius 2 is 2.07 bits per heavy atom. The monoisotopic (exact) mass is 400 g/mol. The molecule has 2 aromatic rings. The molecule has 2 aliphatic rings. The van der Waals surface area contributed by atoms with Gasteiger partial charge in [-0.05, 0) is 38.1 Å². The van der Waals surface area contributed by atoms with Gasteiger partial charge in [-0.1, -0.05) is 29.8 Å². The molecule has 2 aliphatic heterocycles. The zero-order valence-electron chi connectivity index (χ0n) is 16.1. The standard InChI is InChI=1S/C21H25ClN4O2/c1-24-13-18(22)19(23-24)14-26(11-10-25-8-4-5-9-25)21(27)17-12-16-6-2-3-7-20(16)28-15-17/h2-3,6-7,12-13H,4-5,8-11,14-15H2,1H3. The largest absolute Gasteiger partial charge is 0.488 e. The van der Waals surface area contributed by atoms with E-state index in [0.29, 0.717) is 23.7 Å². The van der Waals surface area contributed by atoms with Gasteiger partial charge in [-0.2, -0.15) is 5.10 Å². The van der Waals surface area contributed by atoms with Gasteiger partial charge in [-0.3, -0.25) is 9.48 Å². The van der Waals surface area contributed by atoms with Crippen molar-refractivity contribution in [2.45, 2.75) is 19.4 Å². The number of halogens is 1. The second kappa shape index (κ2) is 8.37. The first kappa shape index (κ1) is 19.0. The molecule has 0 N–H and O–H groups in total. The number of aryl methyl sites for hydroxylation is 1. The number of rotatable bonds is 6. The highest BCUT2D eigenvalue weighted by atomic mass is 35.5. The van der Waals surface area contributed by atoms with Gasteiger partial charge in [0.25, 0.3) is 5.91 Å². The third kappa shape index (κ3) is 4.23. The molecule has 0 atom stereocenters. The van der Waals surface area contributed by atoms with Crippen molar-refractivity contribution >= 4 is 23.6 Å². The molecule has 148 valence electrons. The van der Waals surface area contributed by atoms with Crippen molar-refractivity contribution in [3.8, 4) is 5.75 Å². The third-order valence-corrected chi connectivity index (χ3v) is 5.59. The van der Waals surface area contributed by atoms with Gasteiger partial charge >= 0.3 is 0 Å². The molecule has 0 bridgehead atoms. The number of nitrogens with zero attached hydrogens (tertiary/aromatic N) is 4. The molecule has 0 spiro atoms. The first-order valence-electron chi connectivity index (χ1n) is 9.72. The minimum Gasteiger partial charge on any atom is -0.488 e. The quantitative estimate of drug-likeness (QED) is 0.748. The second-order valence-electron chi connectivity index (χ2n) is 7.37. The van der Waals surface area contributed by atoms with E-state index in [2.05, 4.69) is 10.00 Å². The van der Waals surface area contributed by atoms with Crippen molar-refractivity contribution in [2.24, 2.45) is 7.05 Å². The second-order valence-corrected chi connectivity index (χ2v) is 7.78. The number of amides is 1. The molecule has 4 rings (SSSR count). The first-order chi connectivity index (χ1) is 13.6. The maximum atomic E-state index is 13.3. The van der Waals surface area contributed by atoms with E-state index in [9.17, 15) is 4.79 Å². The van der Waals surface area contributed by atoms with E-state index >= 15 is 0 Å². The number of benzene rings is 1. The van der Waals surface area contributed by atoms with Gasteiger partial charge in [0.2, 0.25) is 0 Å². The highest BCUT2D eigenvalue weighted by Crippen LogP contribution is 2.27. The van der Waals surface area contributed by atoms with Gasteiger partial charge in [-0.15, -0.1) is 0 Å². The van der Waals surface area contributed by atoms with Crippen LogP contribution in [0.15, 0.2) is 36.0 Å². The van der Waals surface area contributed by atoms with Crippen molar-refractivity contribution in [1.29, 1.82) is 0 Å². The Hall–Kier alpha value is -2.31. The molecule has 0 saturated carbocycles. The summed E-state index contributed by atoms with van der Waals surface area (Å²) < 4.78 is 7.47. The minimum atomic E-state index is -0.0181. The number of carbonyl (C=O) groups excluding carboxylic acids is 1. The lowest BCUT2D eigenvalue weighted by molar-refractivity contribution is -0.128. The molecule has 7 heteroatoms. The molecule has 28 heavy (non-hydrogen) atoms. The first-order valence-corrected chi connectivity index (χ1v) is 10.1. The van der Waals surface area contributed by atoms with E-state index in [1.807, 2.05) is 42.3 Å². The highest BCUT2D eigenvalue weighted by molar-refractivity contribution is 6.31. The number of para-hydroxylation sites is 1. The maximum Gasteiger partial charge on any atom is 0.253 e. The summed E-state index contributed by atoms with van der Waals surface area (Å²) in [6.07, 6.45) is 6.16. The summed E-state index contributed by atoms with van der Waals surface area (Å²) in [5.41, 5.74) is 2.32. The van der Waals surface area contributed by atoms with Crippen LogP contribution in [-0.2, 0) is 18.4 Å². The van der Waals surface area contributed by atoms with Gasteiger partial charge in [0.05, 0.1) is 17.1 Å². The molecule has 1 saturated heterocycles. The molecule has 1 aromatic carbocycles. The number of likely N-dealkylation sites (tertiary alicyclic amines) is 1. The zero-order chi connectivity index (χ0) is 19.5. The van der Waals surface area contributed by atoms with Gasteiger partial charge in [0.15, 0.2) is 0 Å². The lowest BCUT2D eigenvalue weighted by Gasteiger charge is -2.27. The average molecular weight is 401 g/mol. The molecule has 1 amide bonds. The Morgan fingerprint density at radius 1 is 1.29 bits per heavy atom. The van der Waals surface area contributed by atoms with E-state index in [1.54, 1.807) is 10.9 Å². The van der Waals surface area contributed by atoms with Crippen LogP contribution in [-0.4, -0.2) is 58.3 Å². The molecule has 0 aliphatic carbocycles. The fourth-order valence-electron chi connectivity index (χ4n) is 3.76. The number of fused-ring (bicyclic) bond motifs is 1. The van der Waals surface area contributed by atoms with Crippen molar-refractivity contribution in [3.63, 3.8) is 0 Å². The molecular weight excluding hydrogens is 376 g/mol. The van der Waals surface area contributed by atoms with Crippen LogP contribution in [0.2, 0.25) is 5.02 Å². The number of hydrogen-bond donors (Lipinski definition) is 0. The van der Waals surface area contributed by atoms with Gasteiger partial charge in [-0.25, -0.2) is 0 Å². The van der Waals surface area contributed by atoms with Gasteiger partial charge < -0.3 is 14.5 Å². The van der Waals surface area contributed by atoms with Crippen molar-refractivity contribution in [2.75, 3.05) is 32.8 Å². The fourth-order valence-corrected chi connectivity index (χ4v) is 4.00. The van der Waals surface area contributed by atoms with Crippen LogP contribution < -0.4 is 4.74 Å². The summed E-state index contributed by atoms with van der Waals surface area (Å²) in [4.78, 5) is 17.6. The fraction of sp³-hybridized carbons (Fsp3) is 0.429. The average Bonchev–Trinajstić information content (AvgIpc) is 3.33. The van der Waals surface area contributed by atoms with Crippen LogP contribution in [0.4, 0.5) is 0 Å². The van der Waals surface area contributed by atoms with Gasteiger partial charge in [0.1, 0.15) is 18.1 Å². The van der Waals surface area contributed by atoms with Crippen molar-refractivity contribution in [1.82, 2.24) is 19.6 Å². The summed E-state index contributed by atoms with van der Waals surface area (Å²) in [5, 5.41) is 5.00. The van der Waals surface area contributed by atoms with Crippen LogP contribution >= 0.6 is 11.6 Å². The van der Waals surface area contributed by atoms with Crippen LogP contribution in [0.1, 0.15) is 24.1 Å². The molecule has 0 unspecified atom stereocenters. The summed E-state index contributed by atoms with van der Waals surface area (Å²) in [5.74, 6) is 0.797. The van der Waals surface area contributed by atoms with Gasteiger partial charge in [0, 0.05) is 31.9 Å². The summed E-state index contributed by atoms with van der Waals surface area (Å²) in [6, 6.07) is 7.77. The highest BCUT2D eigenvalue weighted by Gasteiger charge is 2.25. The number of ether oxygens (including phenoxy) is 1. The van der Waals surface area contributed by atoms with E-state index in [1.165, 1.54) is 12.8 Å². The number of hydrogen-bond acceptors (Lipinski definition) is 4. The van der Waals surface area contributed by atoms with E-state index < -0.39 is 0 Å². The molecular formula is C21H25ClN4O2. The summed E-state index contributed by atoms with van der Waals surface area (Å²) in [6.45, 7) is 4.39. The topological polar surface area (TPSA) is 50.6 Å². The van der Waals surface area contributed by atoms with Crippen LogP contribution in [0.25, 0.3) is 6.08 Å². The Bertz CT molecular complexity index is 886. The Balaban J connectivity index is 1.54. The molecule has 1 fully saturated rings. The van der Waals surface area contributed by atoms with E-state index in [4.69, 9.17) is 16.3 Å². The third-order valence-electron chi connectivity index (χ3n) is 5.27. The van der Waals surface area contributed by atoms with Crippen LogP contribution in [0.3, 0.4) is 0 Å². The predicted molar refractivity (Wildman–Crippen MR) is 109 cm³/mol. The summed E-state index contributed by atoms with van der Waals surface area (Å²) in [7, 11) is 1.83. The smallest absolute Gasteiger partial charge is 0.253 e. The minimum absolute atomic E-state index is 0.0181. The lowest BCUT2D eigenvalue weighted by Crippen LogP contribution is -2.39. The Labute approximate surface area is 170 Å². The normalized spacial score (nSPS) is 16.4. The van der Waals surface area contributed by atoms with E-state index in [0.717, 1.165) is 36.6 Å². The summed E-state index contributed by atoms with van der Waals surface area (Å²) >= 11 is 6.30. The SMILES string of the molecule is Cn1cc(Cl)c(CN(CCN2CCCC2)C(=O)C2=Cc3ccccc3OC2)n1. The molecule has 1 aromatic heterocycles. The number of carbonyl (C=O) groups is 1. The Morgan fingerprint density at radius 3 is 2.82 bits per heavy atom. The molecule has 0 radical (unpaired) electrons. The number of aromatic nitrogens is 2. The zero-order valence-corrected chi connectivity index (χ0v) is 16.9. The van der Waals surface area contributed by atoms with E-state index in [-0.39, 0.29) is 12.5 Å².